The highest BCUT2D eigenvalue weighted by Crippen LogP contribution is 2.69. The molecule has 0 amide bonds. The average molecular weight is 528 g/mol. The number of nitriles is 1. The van der Waals surface area contributed by atoms with Crippen molar-refractivity contribution in [2.45, 2.75) is 29.6 Å². The maximum Gasteiger partial charge on any atom is 0.250 e. The summed E-state index contributed by atoms with van der Waals surface area (Å²) in [6, 6.07) is 19.2. The van der Waals surface area contributed by atoms with Crippen molar-refractivity contribution in [1.82, 2.24) is 10.3 Å². The van der Waals surface area contributed by atoms with Crippen LogP contribution in [-0.4, -0.2) is 47.9 Å². The van der Waals surface area contributed by atoms with E-state index in [0.29, 0.717) is 11.1 Å². The van der Waals surface area contributed by atoms with Gasteiger partial charge >= 0.3 is 0 Å². The first-order chi connectivity index (χ1) is 17.8. The number of rotatable bonds is 7. The molecule has 1 fully saturated rings. The summed E-state index contributed by atoms with van der Waals surface area (Å²) < 4.78 is 38.1. The second-order valence-electron chi connectivity index (χ2n) is 9.17. The first-order valence-electron chi connectivity index (χ1n) is 11.7. The predicted octanol–water partition coefficient (Wildman–Crippen LogP) is 3.72. The number of pyridine rings is 1. The predicted molar refractivity (Wildman–Crippen MR) is 131 cm³/mol. The van der Waals surface area contributed by atoms with Crippen LogP contribution in [0.1, 0.15) is 28.2 Å². The molecule has 7 nitrogen and oxygen atoms in total. The molecule has 3 aromatic rings. The van der Waals surface area contributed by atoms with Gasteiger partial charge < -0.3 is 25.0 Å². The highest BCUT2D eigenvalue weighted by molar-refractivity contribution is 6.29. The largest absolute Gasteiger partial charge is 0.481 e. The van der Waals surface area contributed by atoms with E-state index < -0.39 is 42.1 Å². The molecule has 2 aromatic carbocycles. The van der Waals surface area contributed by atoms with E-state index in [1.54, 1.807) is 24.3 Å². The van der Waals surface area contributed by atoms with E-state index in [1.807, 2.05) is 30.3 Å². The van der Waals surface area contributed by atoms with E-state index in [1.165, 1.54) is 13.2 Å². The summed E-state index contributed by atoms with van der Waals surface area (Å²) in [6.45, 7) is -0.613. The fraction of sp³-hybridized carbons (Fsp3) is 0.333. The number of ether oxygens (including phenoxy) is 2. The second-order valence-corrected chi connectivity index (χ2v) is 9.55. The Hall–Kier alpha value is -3.29. The molecule has 1 aromatic heterocycles. The van der Waals surface area contributed by atoms with E-state index in [2.05, 4.69) is 16.4 Å². The molecule has 0 unspecified atom stereocenters. The normalized spacial score (nSPS) is 27.9. The third-order valence-corrected chi connectivity index (χ3v) is 7.50. The Bertz CT molecular complexity index is 1340. The van der Waals surface area contributed by atoms with Gasteiger partial charge in [0.15, 0.2) is 11.2 Å². The van der Waals surface area contributed by atoms with Crippen LogP contribution in [0.2, 0.25) is 5.15 Å². The molecule has 3 N–H and O–H groups in total. The molecule has 0 radical (unpaired) electrons. The van der Waals surface area contributed by atoms with Crippen molar-refractivity contribution in [3.8, 4) is 17.7 Å². The topological polar surface area (TPSA) is 108 Å². The van der Waals surface area contributed by atoms with Crippen molar-refractivity contribution >= 4 is 11.6 Å². The van der Waals surface area contributed by atoms with Crippen LogP contribution in [-0.2, 0) is 11.2 Å². The number of aliphatic hydroxyl groups excluding tert-OH is 1. The summed E-state index contributed by atoms with van der Waals surface area (Å²) in [5.41, 5.74) is -2.04. The molecule has 1 aliphatic carbocycles. The molecule has 2 heterocycles. The zero-order chi connectivity index (χ0) is 26.4. The quantitative estimate of drug-likeness (QED) is 0.402. The minimum Gasteiger partial charge on any atom is -0.481 e. The number of aliphatic hydroxyl groups is 2. The standard InChI is InChI=1S/C27H24ClF2N3O4/c1-36-25-23-19(11-20(28)33-25)37-27(17-9-7-15(12-31)8-10-17)22(16-5-3-2-4-6-16)18(13-32-14-21(29)30)24(34)26(23,27)35/h2-11,18,21-22,24,32,34-35H,13-14H2,1H3/t18-,22-,24-,26+,27+/m1/s1. The zero-order valence-electron chi connectivity index (χ0n) is 19.7. The molecule has 10 heteroatoms. The summed E-state index contributed by atoms with van der Waals surface area (Å²) in [6.07, 6.45) is -4.08. The third-order valence-electron chi connectivity index (χ3n) is 7.31. The smallest absolute Gasteiger partial charge is 0.250 e. The number of alkyl halides is 2. The molecule has 37 heavy (non-hydrogen) atoms. The number of nitrogens with one attached hydrogen (secondary N) is 1. The minimum atomic E-state index is -2.59. The van der Waals surface area contributed by atoms with E-state index in [9.17, 15) is 24.3 Å². The van der Waals surface area contributed by atoms with E-state index >= 15 is 0 Å². The van der Waals surface area contributed by atoms with E-state index in [0.717, 1.165) is 5.56 Å². The highest BCUT2D eigenvalue weighted by atomic mass is 35.5. The molecule has 1 saturated carbocycles. The number of aromatic nitrogens is 1. The van der Waals surface area contributed by atoms with Gasteiger partial charge in [-0.2, -0.15) is 5.26 Å². The summed E-state index contributed by atoms with van der Waals surface area (Å²) in [4.78, 5) is 4.20. The highest BCUT2D eigenvalue weighted by Gasteiger charge is 2.76. The summed E-state index contributed by atoms with van der Waals surface area (Å²) in [5, 5.41) is 36.6. The number of fused-ring (bicyclic) bond motifs is 3. The van der Waals surface area contributed by atoms with Gasteiger partial charge in [0.2, 0.25) is 5.88 Å². The molecular formula is C27H24ClF2N3O4. The number of halogens is 3. The fourth-order valence-electron chi connectivity index (χ4n) is 5.93. The Kier molecular flexibility index (Phi) is 6.54. The molecule has 1 aliphatic heterocycles. The van der Waals surface area contributed by atoms with Gasteiger partial charge in [-0.25, -0.2) is 13.8 Å². The van der Waals surface area contributed by atoms with Crippen LogP contribution in [0.3, 0.4) is 0 Å². The van der Waals surface area contributed by atoms with Crippen LogP contribution in [0.25, 0.3) is 0 Å². The zero-order valence-corrected chi connectivity index (χ0v) is 20.5. The maximum absolute atomic E-state index is 13.0. The Morgan fingerprint density at radius 2 is 1.92 bits per heavy atom. The van der Waals surface area contributed by atoms with Gasteiger partial charge in [-0.1, -0.05) is 54.1 Å². The molecule has 2 aliphatic rings. The number of hydrogen-bond donors (Lipinski definition) is 3. The molecule has 0 bridgehead atoms. The van der Waals surface area contributed by atoms with Gasteiger partial charge in [0.05, 0.1) is 37.0 Å². The van der Waals surface area contributed by atoms with E-state index in [-0.39, 0.29) is 28.9 Å². The van der Waals surface area contributed by atoms with Gasteiger partial charge in [-0.05, 0) is 23.3 Å². The number of benzene rings is 2. The summed E-state index contributed by atoms with van der Waals surface area (Å²) >= 11 is 6.22. The number of nitrogens with zero attached hydrogens (tertiary/aromatic N) is 2. The van der Waals surface area contributed by atoms with Gasteiger partial charge in [-0.3, -0.25) is 0 Å². The first-order valence-corrected chi connectivity index (χ1v) is 12.0. The van der Waals surface area contributed by atoms with E-state index in [4.69, 9.17) is 21.1 Å². The minimum absolute atomic E-state index is 0.0208. The summed E-state index contributed by atoms with van der Waals surface area (Å²) in [5.74, 6) is -1.33. The molecule has 0 saturated heterocycles. The van der Waals surface area contributed by atoms with Crippen molar-refractivity contribution in [3.63, 3.8) is 0 Å². The molecule has 5 atom stereocenters. The summed E-state index contributed by atoms with van der Waals surface area (Å²) in [7, 11) is 1.36. The Morgan fingerprint density at radius 1 is 1.22 bits per heavy atom. The number of methoxy groups -OCH3 is 1. The van der Waals surface area contributed by atoms with Gasteiger partial charge in [0, 0.05) is 24.4 Å². The SMILES string of the molecule is COc1nc(Cl)cc2c1[C@]1(O)[C@H](O)[C@H](CNCC(F)F)[C@@H](c3ccccc3)[C@]1(c1ccc(C#N)cc1)O2. The fourth-order valence-corrected chi connectivity index (χ4v) is 6.11. The first kappa shape index (κ1) is 25.4. The lowest BCUT2D eigenvalue weighted by molar-refractivity contribution is -0.152. The van der Waals surface area contributed by atoms with Gasteiger partial charge in [0.25, 0.3) is 6.43 Å². The number of hydrogen-bond acceptors (Lipinski definition) is 7. The third kappa shape index (κ3) is 3.75. The lowest BCUT2D eigenvalue weighted by atomic mass is 9.70. The van der Waals surface area contributed by atoms with Crippen LogP contribution in [0.4, 0.5) is 8.78 Å². The van der Waals surface area contributed by atoms with Crippen molar-refractivity contribution < 1.29 is 28.5 Å². The lowest BCUT2D eigenvalue weighted by Gasteiger charge is -2.41. The molecular weight excluding hydrogens is 504 g/mol. The Labute approximate surface area is 217 Å². The Morgan fingerprint density at radius 3 is 2.54 bits per heavy atom. The van der Waals surface area contributed by atoms with Crippen molar-refractivity contribution in [3.05, 3.63) is 88.1 Å². The molecule has 192 valence electrons. The van der Waals surface area contributed by atoms with Gasteiger partial charge in [-0.15, -0.1) is 0 Å². The van der Waals surface area contributed by atoms with Gasteiger partial charge in [0.1, 0.15) is 10.9 Å². The molecule has 5 rings (SSSR count). The van der Waals surface area contributed by atoms with Crippen molar-refractivity contribution in [2.24, 2.45) is 5.92 Å². The van der Waals surface area contributed by atoms with Crippen molar-refractivity contribution in [1.29, 1.82) is 5.26 Å². The Balaban J connectivity index is 1.79. The van der Waals surface area contributed by atoms with Crippen LogP contribution in [0.5, 0.6) is 11.6 Å². The lowest BCUT2D eigenvalue weighted by Crippen LogP contribution is -2.52. The second kappa shape index (κ2) is 9.54. The van der Waals surface area contributed by atoms with Crippen molar-refractivity contribution in [2.75, 3.05) is 20.2 Å². The van der Waals surface area contributed by atoms with Crippen LogP contribution in [0.15, 0.2) is 60.7 Å². The molecule has 0 spiro atoms. The maximum atomic E-state index is 13.0. The van der Waals surface area contributed by atoms with Crippen LogP contribution >= 0.6 is 11.6 Å². The van der Waals surface area contributed by atoms with Crippen LogP contribution < -0.4 is 14.8 Å². The average Bonchev–Trinajstić information content (AvgIpc) is 3.26. The van der Waals surface area contributed by atoms with Crippen LogP contribution in [0, 0.1) is 17.2 Å². The monoisotopic (exact) mass is 527 g/mol.